The SMILES string of the molecule is COc1ccccc1-c1ccc(CC2(C(=O)N(C)C)CCN(C(=O)C3CC=CCC3)C2)cc1. The van der Waals surface area contributed by atoms with Gasteiger partial charge in [0.15, 0.2) is 0 Å². The van der Waals surface area contributed by atoms with Crippen LogP contribution in [0.1, 0.15) is 31.2 Å². The van der Waals surface area contributed by atoms with E-state index < -0.39 is 5.41 Å². The van der Waals surface area contributed by atoms with Gasteiger partial charge in [0.25, 0.3) is 0 Å². The molecule has 0 radical (unpaired) electrons. The van der Waals surface area contributed by atoms with Crippen molar-refractivity contribution in [3.8, 4) is 16.9 Å². The Labute approximate surface area is 197 Å². The zero-order valence-corrected chi connectivity index (χ0v) is 19.9. The molecule has 2 amide bonds. The molecule has 2 aliphatic rings. The number of carbonyl (C=O) groups excluding carboxylic acids is 2. The standard InChI is InChI=1S/C28H34N2O3/c1-29(2)27(32)28(17-18-30(20-28)26(31)23-9-5-4-6-10-23)19-21-13-15-22(16-14-21)24-11-7-8-12-25(24)33-3/h4-5,7-8,11-16,23H,6,9-10,17-20H2,1-3H3. The number of rotatable bonds is 6. The molecule has 1 heterocycles. The molecule has 1 aliphatic heterocycles. The Hall–Kier alpha value is -3.08. The van der Waals surface area contributed by atoms with E-state index in [0.717, 1.165) is 41.7 Å². The van der Waals surface area contributed by atoms with Gasteiger partial charge in [-0.3, -0.25) is 9.59 Å². The van der Waals surface area contributed by atoms with Crippen LogP contribution in [-0.4, -0.2) is 55.9 Å². The first-order chi connectivity index (χ1) is 15.9. The topological polar surface area (TPSA) is 49.9 Å². The van der Waals surface area contributed by atoms with E-state index in [4.69, 9.17) is 4.74 Å². The van der Waals surface area contributed by atoms with E-state index in [2.05, 4.69) is 36.4 Å². The van der Waals surface area contributed by atoms with Gasteiger partial charge in [-0.2, -0.15) is 0 Å². The summed E-state index contributed by atoms with van der Waals surface area (Å²) in [6.45, 7) is 1.15. The predicted octanol–water partition coefficient (Wildman–Crippen LogP) is 4.57. The maximum Gasteiger partial charge on any atom is 0.230 e. The first-order valence-electron chi connectivity index (χ1n) is 11.8. The van der Waals surface area contributed by atoms with E-state index in [0.29, 0.717) is 25.9 Å². The Kier molecular flexibility index (Phi) is 6.87. The van der Waals surface area contributed by atoms with Gasteiger partial charge in [-0.15, -0.1) is 0 Å². The van der Waals surface area contributed by atoms with Crippen molar-refractivity contribution in [3.05, 3.63) is 66.2 Å². The lowest BCUT2D eigenvalue weighted by molar-refractivity contribution is -0.140. The van der Waals surface area contributed by atoms with Crippen molar-refractivity contribution in [1.82, 2.24) is 9.80 Å². The van der Waals surface area contributed by atoms with Crippen molar-refractivity contribution in [1.29, 1.82) is 0 Å². The summed E-state index contributed by atoms with van der Waals surface area (Å²) in [4.78, 5) is 30.1. The number of para-hydroxylation sites is 1. The van der Waals surface area contributed by atoms with Crippen LogP contribution in [0.5, 0.6) is 5.75 Å². The van der Waals surface area contributed by atoms with E-state index >= 15 is 0 Å². The molecular formula is C28H34N2O3. The first kappa shape index (κ1) is 23.1. The third-order valence-corrected chi connectivity index (χ3v) is 7.06. The number of nitrogens with zero attached hydrogens (tertiary/aromatic N) is 2. The normalized spacial score (nSPS) is 22.3. The maximum absolute atomic E-state index is 13.3. The molecule has 174 valence electrons. The number of methoxy groups -OCH3 is 1. The molecule has 33 heavy (non-hydrogen) atoms. The highest BCUT2D eigenvalue weighted by molar-refractivity contribution is 5.86. The summed E-state index contributed by atoms with van der Waals surface area (Å²) in [7, 11) is 5.30. The number of amides is 2. The van der Waals surface area contributed by atoms with Gasteiger partial charge in [0.2, 0.25) is 11.8 Å². The molecule has 0 N–H and O–H groups in total. The largest absolute Gasteiger partial charge is 0.496 e. The summed E-state index contributed by atoms with van der Waals surface area (Å²) < 4.78 is 5.50. The number of hydrogen-bond acceptors (Lipinski definition) is 3. The molecule has 2 aromatic rings. The van der Waals surface area contributed by atoms with E-state index in [1.165, 1.54) is 0 Å². The zero-order chi connectivity index (χ0) is 23.4. The third kappa shape index (κ3) is 4.82. The highest BCUT2D eigenvalue weighted by atomic mass is 16.5. The Morgan fingerprint density at radius 3 is 2.52 bits per heavy atom. The minimum atomic E-state index is -0.574. The Bertz CT molecular complexity index is 1030. The fourth-order valence-corrected chi connectivity index (χ4v) is 5.28. The second kappa shape index (κ2) is 9.82. The monoisotopic (exact) mass is 446 g/mol. The quantitative estimate of drug-likeness (QED) is 0.611. The van der Waals surface area contributed by atoms with Crippen molar-refractivity contribution in [2.75, 3.05) is 34.3 Å². The summed E-state index contributed by atoms with van der Waals surface area (Å²) in [6.07, 6.45) is 8.28. The zero-order valence-electron chi connectivity index (χ0n) is 19.9. The molecule has 5 nitrogen and oxygen atoms in total. The lowest BCUT2D eigenvalue weighted by Crippen LogP contribution is -2.45. The van der Waals surface area contributed by atoms with Gasteiger partial charge in [-0.25, -0.2) is 0 Å². The predicted molar refractivity (Wildman–Crippen MR) is 131 cm³/mol. The van der Waals surface area contributed by atoms with E-state index in [1.54, 1.807) is 12.0 Å². The van der Waals surface area contributed by atoms with Crippen LogP contribution in [-0.2, 0) is 16.0 Å². The average molecular weight is 447 g/mol. The van der Waals surface area contributed by atoms with E-state index in [-0.39, 0.29) is 17.7 Å². The fourth-order valence-electron chi connectivity index (χ4n) is 5.28. The third-order valence-electron chi connectivity index (χ3n) is 7.06. The van der Waals surface area contributed by atoms with Gasteiger partial charge in [0, 0.05) is 38.7 Å². The van der Waals surface area contributed by atoms with Crippen molar-refractivity contribution >= 4 is 11.8 Å². The summed E-state index contributed by atoms with van der Waals surface area (Å²) in [5, 5.41) is 0. The molecule has 1 aliphatic carbocycles. The molecule has 5 heteroatoms. The second-order valence-corrected chi connectivity index (χ2v) is 9.55. The minimum absolute atomic E-state index is 0.0559. The van der Waals surface area contributed by atoms with Gasteiger partial charge in [-0.1, -0.05) is 54.6 Å². The highest BCUT2D eigenvalue weighted by Crippen LogP contribution is 2.38. The molecular weight excluding hydrogens is 412 g/mol. The number of likely N-dealkylation sites (tertiary alicyclic amines) is 1. The Morgan fingerprint density at radius 1 is 1.09 bits per heavy atom. The Balaban J connectivity index is 1.54. The van der Waals surface area contributed by atoms with Crippen LogP contribution in [0.15, 0.2) is 60.7 Å². The van der Waals surface area contributed by atoms with Gasteiger partial charge in [0.05, 0.1) is 12.5 Å². The van der Waals surface area contributed by atoms with Crippen LogP contribution < -0.4 is 4.74 Å². The maximum atomic E-state index is 13.3. The molecule has 2 unspecified atom stereocenters. The molecule has 0 saturated carbocycles. The van der Waals surface area contributed by atoms with E-state index in [9.17, 15) is 9.59 Å². The molecule has 0 aromatic heterocycles. The second-order valence-electron chi connectivity index (χ2n) is 9.55. The Morgan fingerprint density at radius 2 is 1.85 bits per heavy atom. The van der Waals surface area contributed by atoms with Gasteiger partial charge < -0.3 is 14.5 Å². The molecule has 1 saturated heterocycles. The van der Waals surface area contributed by atoms with Crippen molar-refractivity contribution in [3.63, 3.8) is 0 Å². The number of ether oxygens (including phenoxy) is 1. The lowest BCUT2D eigenvalue weighted by atomic mass is 9.79. The minimum Gasteiger partial charge on any atom is -0.496 e. The van der Waals surface area contributed by atoms with Crippen molar-refractivity contribution in [2.24, 2.45) is 11.3 Å². The number of hydrogen-bond donors (Lipinski definition) is 0. The van der Waals surface area contributed by atoms with Crippen LogP contribution in [0, 0.1) is 11.3 Å². The average Bonchev–Trinajstić information content (AvgIpc) is 3.29. The molecule has 1 fully saturated rings. The van der Waals surface area contributed by atoms with Gasteiger partial charge in [-0.05, 0) is 49.3 Å². The summed E-state index contributed by atoms with van der Waals surface area (Å²) in [5.41, 5.74) is 2.66. The number of allylic oxidation sites excluding steroid dienone is 2. The van der Waals surface area contributed by atoms with Crippen LogP contribution >= 0.6 is 0 Å². The summed E-state index contributed by atoms with van der Waals surface area (Å²) >= 11 is 0. The van der Waals surface area contributed by atoms with Crippen LogP contribution in [0.25, 0.3) is 11.1 Å². The van der Waals surface area contributed by atoms with Crippen LogP contribution in [0.2, 0.25) is 0 Å². The van der Waals surface area contributed by atoms with Crippen LogP contribution in [0.4, 0.5) is 0 Å². The number of benzene rings is 2. The lowest BCUT2D eigenvalue weighted by Gasteiger charge is -2.32. The summed E-state index contributed by atoms with van der Waals surface area (Å²) in [6, 6.07) is 16.4. The highest BCUT2D eigenvalue weighted by Gasteiger charge is 2.47. The van der Waals surface area contributed by atoms with Crippen molar-refractivity contribution in [2.45, 2.75) is 32.1 Å². The molecule has 2 atom stereocenters. The molecule has 0 bridgehead atoms. The van der Waals surface area contributed by atoms with Crippen molar-refractivity contribution < 1.29 is 14.3 Å². The smallest absolute Gasteiger partial charge is 0.230 e. The number of carbonyl (C=O) groups is 2. The van der Waals surface area contributed by atoms with Crippen LogP contribution in [0.3, 0.4) is 0 Å². The molecule has 2 aromatic carbocycles. The van der Waals surface area contributed by atoms with Gasteiger partial charge in [0.1, 0.15) is 5.75 Å². The molecule has 4 rings (SSSR count). The summed E-state index contributed by atoms with van der Waals surface area (Å²) in [5.74, 6) is 1.21. The molecule has 0 spiro atoms. The first-order valence-corrected chi connectivity index (χ1v) is 11.8. The van der Waals surface area contributed by atoms with Gasteiger partial charge >= 0.3 is 0 Å². The van der Waals surface area contributed by atoms with E-state index in [1.807, 2.05) is 43.3 Å². The fraction of sp³-hybridized carbons (Fsp3) is 0.429.